The number of halogens is 1. The molecule has 0 bridgehead atoms. The number of benzene rings is 2. The van der Waals surface area contributed by atoms with Crippen LogP contribution in [-0.2, 0) is 11.3 Å². The molecule has 1 amide bonds. The van der Waals surface area contributed by atoms with E-state index in [0.29, 0.717) is 6.54 Å². The van der Waals surface area contributed by atoms with Gasteiger partial charge in [-0.05, 0) is 12.1 Å². The molecule has 0 aliphatic rings. The summed E-state index contributed by atoms with van der Waals surface area (Å²) in [5, 5.41) is 5.52. The molecule has 3 rings (SSSR count). The van der Waals surface area contributed by atoms with E-state index in [2.05, 4.69) is 10.3 Å². The van der Waals surface area contributed by atoms with Crippen molar-refractivity contribution in [3.8, 4) is 16.3 Å². The van der Waals surface area contributed by atoms with Crippen LogP contribution in [0.2, 0.25) is 0 Å². The lowest BCUT2D eigenvalue weighted by Gasteiger charge is -2.07. The standard InChI is InChI=1S/C18H15FN2O2S/c19-15-8-4-5-9-16(15)23-11-17(22)20-10-14-12-24-18(21-14)13-6-2-1-3-7-13/h1-9,12H,10-11H2,(H,20,22). The number of thiazole rings is 1. The van der Waals surface area contributed by atoms with E-state index < -0.39 is 5.82 Å². The topological polar surface area (TPSA) is 51.2 Å². The Kier molecular flexibility index (Phi) is 5.18. The van der Waals surface area contributed by atoms with Gasteiger partial charge in [0.15, 0.2) is 18.2 Å². The number of aromatic nitrogens is 1. The minimum Gasteiger partial charge on any atom is -0.481 e. The first-order valence-electron chi connectivity index (χ1n) is 7.36. The molecule has 0 atom stereocenters. The molecule has 0 spiro atoms. The van der Waals surface area contributed by atoms with Gasteiger partial charge in [0.05, 0.1) is 12.2 Å². The van der Waals surface area contributed by atoms with Crippen LogP contribution in [0.3, 0.4) is 0 Å². The van der Waals surface area contributed by atoms with Crippen LogP contribution in [0.4, 0.5) is 4.39 Å². The molecule has 0 unspecified atom stereocenters. The molecule has 1 N–H and O–H groups in total. The van der Waals surface area contributed by atoms with Crippen LogP contribution in [0.1, 0.15) is 5.69 Å². The van der Waals surface area contributed by atoms with Crippen LogP contribution in [0.5, 0.6) is 5.75 Å². The summed E-state index contributed by atoms with van der Waals surface area (Å²) >= 11 is 1.52. The van der Waals surface area contributed by atoms with E-state index in [4.69, 9.17) is 4.74 Å². The van der Waals surface area contributed by atoms with Crippen molar-refractivity contribution in [1.82, 2.24) is 10.3 Å². The minimum atomic E-state index is -0.489. The fourth-order valence-corrected chi connectivity index (χ4v) is 2.87. The normalized spacial score (nSPS) is 10.4. The highest BCUT2D eigenvalue weighted by atomic mass is 32.1. The molecule has 24 heavy (non-hydrogen) atoms. The second-order valence-electron chi connectivity index (χ2n) is 5.01. The van der Waals surface area contributed by atoms with E-state index >= 15 is 0 Å². The zero-order valence-corrected chi connectivity index (χ0v) is 13.6. The van der Waals surface area contributed by atoms with E-state index in [1.165, 1.54) is 23.5 Å². The Balaban J connectivity index is 1.50. The Labute approximate surface area is 142 Å². The molecule has 3 aromatic rings. The van der Waals surface area contributed by atoms with Gasteiger partial charge in [0.2, 0.25) is 0 Å². The molecule has 0 saturated carbocycles. The Morgan fingerprint density at radius 2 is 1.88 bits per heavy atom. The Hall–Kier alpha value is -2.73. The SMILES string of the molecule is O=C(COc1ccccc1F)NCc1csc(-c2ccccc2)n1. The highest BCUT2D eigenvalue weighted by molar-refractivity contribution is 7.13. The fourth-order valence-electron chi connectivity index (χ4n) is 2.05. The summed E-state index contributed by atoms with van der Waals surface area (Å²) in [6.07, 6.45) is 0. The third kappa shape index (κ3) is 4.17. The van der Waals surface area contributed by atoms with Gasteiger partial charge < -0.3 is 10.1 Å². The first-order valence-corrected chi connectivity index (χ1v) is 8.24. The molecule has 0 aliphatic heterocycles. The summed E-state index contributed by atoms with van der Waals surface area (Å²) in [5.74, 6) is -0.752. The van der Waals surface area contributed by atoms with E-state index in [1.54, 1.807) is 12.1 Å². The van der Waals surface area contributed by atoms with Crippen molar-refractivity contribution in [2.75, 3.05) is 6.61 Å². The van der Waals surface area contributed by atoms with Gasteiger partial charge in [0.1, 0.15) is 5.01 Å². The maximum Gasteiger partial charge on any atom is 0.258 e. The van der Waals surface area contributed by atoms with Crippen molar-refractivity contribution in [1.29, 1.82) is 0 Å². The monoisotopic (exact) mass is 342 g/mol. The smallest absolute Gasteiger partial charge is 0.258 e. The first-order chi connectivity index (χ1) is 11.7. The van der Waals surface area contributed by atoms with Crippen molar-refractivity contribution < 1.29 is 13.9 Å². The summed E-state index contributed by atoms with van der Waals surface area (Å²) in [6.45, 7) is 0.0689. The number of nitrogens with zero attached hydrogens (tertiary/aromatic N) is 1. The molecule has 0 radical (unpaired) electrons. The number of hydrogen-bond donors (Lipinski definition) is 1. The molecular weight excluding hydrogens is 327 g/mol. The van der Waals surface area contributed by atoms with Crippen LogP contribution in [-0.4, -0.2) is 17.5 Å². The molecular formula is C18H15FN2O2S. The summed E-state index contributed by atoms with van der Waals surface area (Å²) in [6, 6.07) is 15.8. The van der Waals surface area contributed by atoms with E-state index in [1.807, 2.05) is 35.7 Å². The average molecular weight is 342 g/mol. The van der Waals surface area contributed by atoms with Gasteiger partial charge in [0, 0.05) is 10.9 Å². The lowest BCUT2D eigenvalue weighted by atomic mass is 10.2. The molecule has 1 aromatic heterocycles. The largest absolute Gasteiger partial charge is 0.481 e. The average Bonchev–Trinajstić information content (AvgIpc) is 3.09. The Morgan fingerprint density at radius 1 is 1.12 bits per heavy atom. The molecule has 0 fully saturated rings. The molecule has 122 valence electrons. The summed E-state index contributed by atoms with van der Waals surface area (Å²) < 4.78 is 18.5. The van der Waals surface area contributed by atoms with Crippen molar-refractivity contribution in [2.24, 2.45) is 0 Å². The van der Waals surface area contributed by atoms with Crippen molar-refractivity contribution in [2.45, 2.75) is 6.54 Å². The number of carbonyl (C=O) groups is 1. The van der Waals surface area contributed by atoms with Crippen molar-refractivity contribution in [3.05, 3.63) is 71.5 Å². The summed E-state index contributed by atoms with van der Waals surface area (Å²) in [4.78, 5) is 16.3. The first kappa shape index (κ1) is 16.1. The number of amides is 1. The minimum absolute atomic E-state index is 0.0627. The van der Waals surface area contributed by atoms with Gasteiger partial charge in [-0.15, -0.1) is 11.3 Å². The number of hydrogen-bond acceptors (Lipinski definition) is 4. The zero-order valence-electron chi connectivity index (χ0n) is 12.7. The van der Waals surface area contributed by atoms with Gasteiger partial charge >= 0.3 is 0 Å². The van der Waals surface area contributed by atoms with E-state index in [-0.39, 0.29) is 18.3 Å². The summed E-state index contributed by atoms with van der Waals surface area (Å²) in [5.41, 5.74) is 1.82. The van der Waals surface area contributed by atoms with Gasteiger partial charge in [-0.1, -0.05) is 42.5 Å². The van der Waals surface area contributed by atoms with Crippen LogP contribution < -0.4 is 10.1 Å². The van der Waals surface area contributed by atoms with Gasteiger partial charge in [0.25, 0.3) is 5.91 Å². The quantitative estimate of drug-likeness (QED) is 0.744. The van der Waals surface area contributed by atoms with Gasteiger partial charge in [-0.25, -0.2) is 9.37 Å². The van der Waals surface area contributed by atoms with Crippen LogP contribution in [0.15, 0.2) is 60.0 Å². The molecule has 4 nitrogen and oxygen atoms in total. The van der Waals surface area contributed by atoms with Crippen LogP contribution >= 0.6 is 11.3 Å². The lowest BCUT2D eigenvalue weighted by Crippen LogP contribution is -2.28. The molecule has 0 aliphatic carbocycles. The number of nitrogens with one attached hydrogen (secondary N) is 1. The summed E-state index contributed by atoms with van der Waals surface area (Å²) in [7, 11) is 0. The zero-order chi connectivity index (χ0) is 16.8. The number of para-hydroxylation sites is 1. The fraction of sp³-hybridized carbons (Fsp3) is 0.111. The lowest BCUT2D eigenvalue weighted by molar-refractivity contribution is -0.123. The second kappa shape index (κ2) is 7.70. The molecule has 6 heteroatoms. The van der Waals surface area contributed by atoms with Crippen LogP contribution in [0.25, 0.3) is 10.6 Å². The highest BCUT2D eigenvalue weighted by Gasteiger charge is 2.08. The Bertz CT molecular complexity index is 821. The molecule has 0 saturated heterocycles. The number of rotatable bonds is 6. The van der Waals surface area contributed by atoms with Gasteiger partial charge in [-0.2, -0.15) is 0 Å². The maximum absolute atomic E-state index is 13.4. The predicted molar refractivity (Wildman–Crippen MR) is 91.3 cm³/mol. The molecule has 2 aromatic carbocycles. The number of carbonyl (C=O) groups excluding carboxylic acids is 1. The molecule has 1 heterocycles. The highest BCUT2D eigenvalue weighted by Crippen LogP contribution is 2.23. The second-order valence-corrected chi connectivity index (χ2v) is 5.86. The third-order valence-electron chi connectivity index (χ3n) is 3.23. The number of ether oxygens (including phenoxy) is 1. The van der Waals surface area contributed by atoms with Crippen molar-refractivity contribution in [3.63, 3.8) is 0 Å². The van der Waals surface area contributed by atoms with E-state index in [0.717, 1.165) is 16.3 Å². The maximum atomic E-state index is 13.4. The third-order valence-corrected chi connectivity index (χ3v) is 4.17. The van der Waals surface area contributed by atoms with Crippen LogP contribution in [0, 0.1) is 5.82 Å². The van der Waals surface area contributed by atoms with Crippen molar-refractivity contribution >= 4 is 17.2 Å². The Morgan fingerprint density at radius 3 is 2.67 bits per heavy atom. The van der Waals surface area contributed by atoms with Gasteiger partial charge in [-0.3, -0.25) is 4.79 Å². The predicted octanol–water partition coefficient (Wildman–Crippen LogP) is 3.64. The van der Waals surface area contributed by atoms with E-state index in [9.17, 15) is 9.18 Å².